The summed E-state index contributed by atoms with van der Waals surface area (Å²) in [5.41, 5.74) is 0. The molecule has 0 aliphatic heterocycles. The first kappa shape index (κ1) is 15.5. The monoisotopic (exact) mass is 301 g/mol. The van der Waals surface area contributed by atoms with Crippen LogP contribution in [0.15, 0.2) is 17.6 Å². The average Bonchev–Trinajstić information content (AvgIpc) is 2.90. The van der Waals surface area contributed by atoms with Crippen molar-refractivity contribution in [2.24, 2.45) is 5.92 Å². The first-order chi connectivity index (χ1) is 9.42. The number of sulfonamides is 1. The van der Waals surface area contributed by atoms with Gasteiger partial charge in [-0.2, -0.15) is 0 Å². The lowest BCUT2D eigenvalue weighted by Crippen LogP contribution is -2.38. The molecule has 0 atom stereocenters. The molecule has 20 heavy (non-hydrogen) atoms. The van der Waals surface area contributed by atoms with Crippen LogP contribution in [0.4, 0.5) is 0 Å². The van der Waals surface area contributed by atoms with E-state index < -0.39 is 10.0 Å². The molecule has 0 spiro atoms. The van der Waals surface area contributed by atoms with Gasteiger partial charge in [-0.15, -0.1) is 0 Å². The van der Waals surface area contributed by atoms with E-state index in [0.717, 1.165) is 25.7 Å². The maximum absolute atomic E-state index is 12.3. The summed E-state index contributed by atoms with van der Waals surface area (Å²) in [5, 5.41) is 9.17. The molecular weight excluding hydrogens is 278 g/mol. The zero-order valence-corrected chi connectivity index (χ0v) is 12.8. The lowest BCUT2D eigenvalue weighted by molar-refractivity contribution is 0.180. The number of hydrogen-bond acceptors (Lipinski definition) is 4. The van der Waals surface area contributed by atoms with E-state index >= 15 is 0 Å². The van der Waals surface area contributed by atoms with Crippen molar-refractivity contribution in [2.45, 2.75) is 56.6 Å². The van der Waals surface area contributed by atoms with Crippen LogP contribution in [0.2, 0.25) is 0 Å². The molecule has 2 rings (SSSR count). The second-order valence-corrected chi connectivity index (χ2v) is 7.44. The summed E-state index contributed by atoms with van der Waals surface area (Å²) < 4.78 is 29.0. The molecule has 7 heteroatoms. The van der Waals surface area contributed by atoms with Crippen molar-refractivity contribution in [3.05, 3.63) is 12.5 Å². The van der Waals surface area contributed by atoms with Gasteiger partial charge < -0.3 is 9.67 Å². The Balaban J connectivity index is 2.00. The van der Waals surface area contributed by atoms with E-state index in [9.17, 15) is 8.42 Å². The highest BCUT2D eigenvalue weighted by Crippen LogP contribution is 2.24. The van der Waals surface area contributed by atoms with Gasteiger partial charge in [-0.05, 0) is 45.4 Å². The number of aromatic nitrogens is 2. The summed E-state index contributed by atoms with van der Waals surface area (Å²) in [6.07, 6.45) is 6.38. The van der Waals surface area contributed by atoms with Crippen molar-refractivity contribution in [3.63, 3.8) is 0 Å². The minimum Gasteiger partial charge on any atom is -0.396 e. The van der Waals surface area contributed by atoms with Crippen LogP contribution in [0.3, 0.4) is 0 Å². The molecule has 6 nitrogen and oxygen atoms in total. The lowest BCUT2D eigenvalue weighted by atomic mass is 9.87. The molecule has 1 aliphatic rings. The van der Waals surface area contributed by atoms with E-state index in [2.05, 4.69) is 9.71 Å². The molecule has 1 saturated carbocycles. The average molecular weight is 301 g/mol. The molecule has 1 aromatic rings. The quantitative estimate of drug-likeness (QED) is 0.858. The molecule has 0 radical (unpaired) electrons. The fourth-order valence-electron chi connectivity index (χ4n) is 2.48. The first-order valence-corrected chi connectivity index (χ1v) is 8.57. The van der Waals surface area contributed by atoms with E-state index in [1.807, 2.05) is 13.8 Å². The Hall–Kier alpha value is -0.920. The largest absolute Gasteiger partial charge is 0.396 e. The number of nitrogens with zero attached hydrogens (tertiary/aromatic N) is 2. The van der Waals surface area contributed by atoms with E-state index in [4.69, 9.17) is 5.11 Å². The maximum atomic E-state index is 12.3. The number of aliphatic hydroxyl groups is 1. The van der Waals surface area contributed by atoms with Gasteiger partial charge in [-0.25, -0.2) is 18.1 Å². The zero-order chi connectivity index (χ0) is 14.8. The summed E-state index contributed by atoms with van der Waals surface area (Å²) in [7, 11) is -3.54. The molecule has 0 saturated heterocycles. The molecule has 1 aliphatic carbocycles. The van der Waals surface area contributed by atoms with Crippen molar-refractivity contribution in [1.29, 1.82) is 0 Å². The second-order valence-electron chi connectivity index (χ2n) is 5.77. The number of aliphatic hydroxyl groups excluding tert-OH is 1. The second kappa shape index (κ2) is 6.24. The standard InChI is InChI=1S/C13H23N3O3S/c1-10(2)16-7-13(14-9-16)20(18,19)15-12-5-3-11(8-17)4-6-12/h7,9-12,15,17H,3-6,8H2,1-2H3. The Morgan fingerprint density at radius 3 is 2.55 bits per heavy atom. The van der Waals surface area contributed by atoms with Crippen molar-refractivity contribution in [3.8, 4) is 0 Å². The Kier molecular flexibility index (Phi) is 4.82. The number of rotatable bonds is 5. The topological polar surface area (TPSA) is 84.2 Å². The van der Waals surface area contributed by atoms with Crippen LogP contribution >= 0.6 is 0 Å². The van der Waals surface area contributed by atoms with Gasteiger partial charge in [0, 0.05) is 24.9 Å². The minimum absolute atomic E-state index is 0.0491. The van der Waals surface area contributed by atoms with E-state index in [1.165, 1.54) is 0 Å². The molecule has 0 amide bonds. The smallest absolute Gasteiger partial charge is 0.259 e. The summed E-state index contributed by atoms with van der Waals surface area (Å²) >= 11 is 0. The van der Waals surface area contributed by atoms with Gasteiger partial charge in [-0.3, -0.25) is 0 Å². The van der Waals surface area contributed by atoms with E-state index in [0.29, 0.717) is 5.92 Å². The Bertz CT molecular complexity index is 531. The molecule has 1 heterocycles. The van der Waals surface area contributed by atoms with Gasteiger partial charge in [0.15, 0.2) is 5.03 Å². The van der Waals surface area contributed by atoms with Gasteiger partial charge >= 0.3 is 0 Å². The number of imidazole rings is 1. The van der Waals surface area contributed by atoms with Crippen molar-refractivity contribution < 1.29 is 13.5 Å². The summed E-state index contributed by atoms with van der Waals surface area (Å²) in [4.78, 5) is 3.98. The van der Waals surface area contributed by atoms with Crippen LogP contribution in [-0.4, -0.2) is 35.7 Å². The molecule has 0 bridgehead atoms. The molecule has 1 fully saturated rings. The SMILES string of the molecule is CC(C)n1cnc(S(=O)(=O)NC2CCC(CO)CC2)c1. The molecule has 0 unspecified atom stereocenters. The van der Waals surface area contributed by atoms with Crippen molar-refractivity contribution >= 4 is 10.0 Å². The van der Waals surface area contributed by atoms with Crippen LogP contribution in [0.1, 0.15) is 45.6 Å². The first-order valence-electron chi connectivity index (χ1n) is 7.09. The van der Waals surface area contributed by atoms with Crippen LogP contribution < -0.4 is 4.72 Å². The Morgan fingerprint density at radius 1 is 1.40 bits per heavy atom. The van der Waals surface area contributed by atoms with Crippen LogP contribution in [0.25, 0.3) is 0 Å². The fraction of sp³-hybridized carbons (Fsp3) is 0.769. The fourth-order valence-corrected chi connectivity index (χ4v) is 3.72. The van der Waals surface area contributed by atoms with E-state index in [-0.39, 0.29) is 23.7 Å². The van der Waals surface area contributed by atoms with Gasteiger partial charge in [0.2, 0.25) is 0 Å². The summed E-state index contributed by atoms with van der Waals surface area (Å²) in [6.45, 7) is 4.14. The Labute approximate surface area is 120 Å². The van der Waals surface area contributed by atoms with Crippen LogP contribution in [0.5, 0.6) is 0 Å². The highest BCUT2D eigenvalue weighted by Gasteiger charge is 2.26. The predicted octanol–water partition coefficient (Wildman–Crippen LogP) is 1.29. The Morgan fingerprint density at radius 2 is 2.05 bits per heavy atom. The molecule has 1 aromatic heterocycles. The van der Waals surface area contributed by atoms with Gasteiger partial charge in [0.05, 0.1) is 6.33 Å². The minimum atomic E-state index is -3.54. The van der Waals surface area contributed by atoms with Crippen LogP contribution in [-0.2, 0) is 10.0 Å². The molecule has 114 valence electrons. The van der Waals surface area contributed by atoms with Gasteiger partial charge in [-0.1, -0.05) is 0 Å². The predicted molar refractivity (Wildman–Crippen MR) is 75.8 cm³/mol. The summed E-state index contributed by atoms with van der Waals surface area (Å²) in [5.74, 6) is 0.316. The van der Waals surface area contributed by atoms with Crippen molar-refractivity contribution in [2.75, 3.05) is 6.61 Å². The summed E-state index contributed by atoms with van der Waals surface area (Å²) in [6, 6.07) is 0.137. The lowest BCUT2D eigenvalue weighted by Gasteiger charge is -2.27. The molecular formula is C13H23N3O3S. The van der Waals surface area contributed by atoms with Gasteiger partial charge in [0.1, 0.15) is 0 Å². The third-order valence-electron chi connectivity index (χ3n) is 3.88. The third-order valence-corrected chi connectivity index (χ3v) is 5.28. The normalized spacial score (nSPS) is 24.2. The van der Waals surface area contributed by atoms with Crippen LogP contribution in [0, 0.1) is 5.92 Å². The maximum Gasteiger partial charge on any atom is 0.259 e. The highest BCUT2D eigenvalue weighted by atomic mass is 32.2. The molecule has 0 aromatic carbocycles. The van der Waals surface area contributed by atoms with E-state index in [1.54, 1.807) is 17.1 Å². The van der Waals surface area contributed by atoms with Gasteiger partial charge in [0.25, 0.3) is 10.0 Å². The zero-order valence-electron chi connectivity index (χ0n) is 12.0. The number of nitrogens with one attached hydrogen (secondary N) is 1. The van der Waals surface area contributed by atoms with Crippen molar-refractivity contribution in [1.82, 2.24) is 14.3 Å². The highest BCUT2D eigenvalue weighted by molar-refractivity contribution is 7.89. The number of hydrogen-bond donors (Lipinski definition) is 2. The third kappa shape index (κ3) is 3.59. The molecule has 2 N–H and O–H groups in total.